The molecule has 0 atom stereocenters. The molecule has 90 valence electrons. The van der Waals surface area contributed by atoms with Crippen LogP contribution in [-0.4, -0.2) is 43.3 Å². The highest BCUT2D eigenvalue weighted by atomic mass is 16.4. The summed E-state index contributed by atoms with van der Waals surface area (Å²) in [6.07, 6.45) is 1.50. The lowest BCUT2D eigenvalue weighted by Crippen LogP contribution is -2.36. The molecule has 1 heterocycles. The molecule has 0 aliphatic rings. The van der Waals surface area contributed by atoms with E-state index in [4.69, 9.17) is 5.11 Å². The first-order valence-electron chi connectivity index (χ1n) is 5.37. The van der Waals surface area contributed by atoms with Gasteiger partial charge in [-0.05, 0) is 20.8 Å². The fourth-order valence-corrected chi connectivity index (χ4v) is 1.45. The second kappa shape index (κ2) is 5.60. The number of carboxylic acids is 1. The summed E-state index contributed by atoms with van der Waals surface area (Å²) in [4.78, 5) is 16.7. The number of aryl methyl sites for hydroxylation is 1. The molecule has 0 fully saturated rings. The molecule has 0 saturated carbocycles. The quantitative estimate of drug-likeness (QED) is 0.768. The first-order chi connectivity index (χ1) is 7.54. The van der Waals surface area contributed by atoms with Crippen molar-refractivity contribution in [2.24, 2.45) is 0 Å². The van der Waals surface area contributed by atoms with E-state index in [0.29, 0.717) is 6.54 Å². The van der Waals surface area contributed by atoms with E-state index in [1.165, 1.54) is 6.33 Å². The molecule has 0 saturated heterocycles. The standard InChI is InChI=1S/C10H18N4O2/c1-4-14-9(11-7-12-14)5-13(8(2)3)6-10(15)16/h7-8H,4-6H2,1-3H3,(H,15,16). The normalized spacial score (nSPS) is 11.3. The van der Waals surface area contributed by atoms with Gasteiger partial charge < -0.3 is 5.11 Å². The maximum absolute atomic E-state index is 10.7. The van der Waals surface area contributed by atoms with Crippen LogP contribution in [-0.2, 0) is 17.9 Å². The van der Waals surface area contributed by atoms with Crippen LogP contribution in [0.1, 0.15) is 26.6 Å². The molecule has 0 amide bonds. The van der Waals surface area contributed by atoms with Crippen LogP contribution in [0.2, 0.25) is 0 Å². The first-order valence-corrected chi connectivity index (χ1v) is 5.37. The Labute approximate surface area is 94.9 Å². The molecule has 0 aliphatic carbocycles. The van der Waals surface area contributed by atoms with Crippen LogP contribution in [0.25, 0.3) is 0 Å². The van der Waals surface area contributed by atoms with Crippen LogP contribution in [0.3, 0.4) is 0 Å². The van der Waals surface area contributed by atoms with E-state index in [1.54, 1.807) is 4.68 Å². The summed E-state index contributed by atoms with van der Waals surface area (Å²) in [6.45, 7) is 7.20. The third kappa shape index (κ3) is 3.30. The molecule has 6 nitrogen and oxygen atoms in total. The van der Waals surface area contributed by atoms with Crippen molar-refractivity contribution in [2.45, 2.75) is 39.9 Å². The van der Waals surface area contributed by atoms with E-state index >= 15 is 0 Å². The van der Waals surface area contributed by atoms with Crippen molar-refractivity contribution in [3.05, 3.63) is 12.2 Å². The number of aliphatic carboxylic acids is 1. The van der Waals surface area contributed by atoms with Gasteiger partial charge in [0.1, 0.15) is 12.2 Å². The van der Waals surface area contributed by atoms with Gasteiger partial charge in [-0.15, -0.1) is 0 Å². The molecular formula is C10H18N4O2. The van der Waals surface area contributed by atoms with Gasteiger partial charge in [0, 0.05) is 12.6 Å². The highest BCUT2D eigenvalue weighted by Gasteiger charge is 2.16. The second-order valence-corrected chi connectivity index (χ2v) is 3.88. The van der Waals surface area contributed by atoms with Crippen LogP contribution >= 0.6 is 0 Å². The Balaban J connectivity index is 2.71. The molecular weight excluding hydrogens is 208 g/mol. The van der Waals surface area contributed by atoms with E-state index in [2.05, 4.69) is 10.1 Å². The van der Waals surface area contributed by atoms with Crippen molar-refractivity contribution in [2.75, 3.05) is 6.54 Å². The number of carboxylic acid groups (broad SMARTS) is 1. The predicted octanol–water partition coefficient (Wildman–Crippen LogP) is 0.593. The Kier molecular flexibility index (Phi) is 4.42. The summed E-state index contributed by atoms with van der Waals surface area (Å²) in [6, 6.07) is 0.165. The first kappa shape index (κ1) is 12.6. The summed E-state index contributed by atoms with van der Waals surface area (Å²) in [5.41, 5.74) is 0. The average Bonchev–Trinajstić information content (AvgIpc) is 2.63. The maximum atomic E-state index is 10.7. The smallest absolute Gasteiger partial charge is 0.317 e. The third-order valence-electron chi connectivity index (χ3n) is 2.41. The Morgan fingerprint density at radius 2 is 2.31 bits per heavy atom. The van der Waals surface area contributed by atoms with E-state index < -0.39 is 5.97 Å². The minimum Gasteiger partial charge on any atom is -0.480 e. The summed E-state index contributed by atoms with van der Waals surface area (Å²) in [5.74, 6) is -0.0197. The van der Waals surface area contributed by atoms with Gasteiger partial charge in [0.2, 0.25) is 0 Å². The topological polar surface area (TPSA) is 71.2 Å². The van der Waals surface area contributed by atoms with Crippen molar-refractivity contribution in [1.82, 2.24) is 19.7 Å². The number of carbonyl (C=O) groups is 1. The number of rotatable bonds is 6. The Morgan fingerprint density at radius 1 is 1.62 bits per heavy atom. The van der Waals surface area contributed by atoms with E-state index in [1.807, 2.05) is 25.7 Å². The van der Waals surface area contributed by atoms with Crippen LogP contribution < -0.4 is 0 Å². The number of nitrogens with zero attached hydrogens (tertiary/aromatic N) is 4. The van der Waals surface area contributed by atoms with Gasteiger partial charge in [-0.3, -0.25) is 9.69 Å². The summed E-state index contributed by atoms with van der Waals surface area (Å²) in [7, 11) is 0. The number of aromatic nitrogens is 3. The lowest BCUT2D eigenvalue weighted by molar-refractivity contribution is -0.139. The SMILES string of the molecule is CCn1ncnc1CN(CC(=O)O)C(C)C. The molecule has 1 N–H and O–H groups in total. The van der Waals surface area contributed by atoms with Gasteiger partial charge in [-0.25, -0.2) is 9.67 Å². The van der Waals surface area contributed by atoms with Gasteiger partial charge >= 0.3 is 5.97 Å². The van der Waals surface area contributed by atoms with E-state index in [9.17, 15) is 4.79 Å². The molecule has 1 aromatic rings. The van der Waals surface area contributed by atoms with Gasteiger partial charge in [0.05, 0.1) is 13.1 Å². The minimum absolute atomic E-state index is 0.0221. The van der Waals surface area contributed by atoms with E-state index in [-0.39, 0.29) is 12.6 Å². The lowest BCUT2D eigenvalue weighted by Gasteiger charge is -2.23. The lowest BCUT2D eigenvalue weighted by atomic mass is 10.3. The minimum atomic E-state index is -0.823. The zero-order chi connectivity index (χ0) is 12.1. The largest absolute Gasteiger partial charge is 0.480 e. The number of hydrogen-bond donors (Lipinski definition) is 1. The molecule has 1 aromatic heterocycles. The summed E-state index contributed by atoms with van der Waals surface area (Å²) in [5, 5.41) is 12.9. The van der Waals surface area contributed by atoms with Crippen LogP contribution in [0.15, 0.2) is 6.33 Å². The van der Waals surface area contributed by atoms with Crippen molar-refractivity contribution in [1.29, 1.82) is 0 Å². The van der Waals surface area contributed by atoms with Gasteiger partial charge in [-0.1, -0.05) is 0 Å². The zero-order valence-corrected chi connectivity index (χ0v) is 9.92. The van der Waals surface area contributed by atoms with E-state index in [0.717, 1.165) is 12.4 Å². The Bertz CT molecular complexity index is 348. The zero-order valence-electron chi connectivity index (χ0n) is 9.92. The Hall–Kier alpha value is -1.43. The molecule has 0 radical (unpaired) electrons. The molecule has 0 aliphatic heterocycles. The molecule has 6 heteroatoms. The fraction of sp³-hybridized carbons (Fsp3) is 0.700. The molecule has 16 heavy (non-hydrogen) atoms. The van der Waals surface area contributed by atoms with Gasteiger partial charge in [-0.2, -0.15) is 5.10 Å². The molecule has 1 rings (SSSR count). The second-order valence-electron chi connectivity index (χ2n) is 3.88. The Morgan fingerprint density at radius 3 is 2.81 bits per heavy atom. The third-order valence-corrected chi connectivity index (χ3v) is 2.41. The van der Waals surface area contributed by atoms with Crippen molar-refractivity contribution in [3.8, 4) is 0 Å². The van der Waals surface area contributed by atoms with Crippen molar-refractivity contribution < 1.29 is 9.90 Å². The van der Waals surface area contributed by atoms with Crippen molar-refractivity contribution >= 4 is 5.97 Å². The fourth-order valence-electron chi connectivity index (χ4n) is 1.45. The highest BCUT2D eigenvalue weighted by Crippen LogP contribution is 2.05. The average molecular weight is 226 g/mol. The maximum Gasteiger partial charge on any atom is 0.317 e. The number of hydrogen-bond acceptors (Lipinski definition) is 4. The van der Waals surface area contributed by atoms with Gasteiger partial charge in [0.15, 0.2) is 0 Å². The molecule has 0 unspecified atom stereocenters. The monoisotopic (exact) mass is 226 g/mol. The summed E-state index contributed by atoms with van der Waals surface area (Å²) >= 11 is 0. The summed E-state index contributed by atoms with van der Waals surface area (Å²) < 4.78 is 1.78. The van der Waals surface area contributed by atoms with Crippen molar-refractivity contribution in [3.63, 3.8) is 0 Å². The van der Waals surface area contributed by atoms with Gasteiger partial charge in [0.25, 0.3) is 0 Å². The molecule has 0 aromatic carbocycles. The van der Waals surface area contributed by atoms with Crippen LogP contribution in [0.5, 0.6) is 0 Å². The molecule has 0 spiro atoms. The van der Waals surface area contributed by atoms with Crippen LogP contribution in [0, 0.1) is 0 Å². The molecule has 0 bridgehead atoms. The predicted molar refractivity (Wildman–Crippen MR) is 58.9 cm³/mol. The highest BCUT2D eigenvalue weighted by molar-refractivity contribution is 5.69. The van der Waals surface area contributed by atoms with Crippen LogP contribution in [0.4, 0.5) is 0 Å².